The summed E-state index contributed by atoms with van der Waals surface area (Å²) in [7, 11) is 0. The first-order chi connectivity index (χ1) is 6.86. The zero-order chi connectivity index (χ0) is 9.80. The van der Waals surface area contributed by atoms with Gasteiger partial charge in [-0.15, -0.1) is 0 Å². The maximum atomic E-state index is 3.49. The van der Waals surface area contributed by atoms with Gasteiger partial charge in [0.25, 0.3) is 0 Å². The Kier molecular flexibility index (Phi) is 3.63. The summed E-state index contributed by atoms with van der Waals surface area (Å²) in [5, 5.41) is 3.49. The van der Waals surface area contributed by atoms with Crippen LogP contribution in [0.1, 0.15) is 51.9 Å². The van der Waals surface area contributed by atoms with Crippen molar-refractivity contribution < 1.29 is 0 Å². The van der Waals surface area contributed by atoms with Crippen molar-refractivity contribution in [3.05, 3.63) is 11.1 Å². The van der Waals surface area contributed by atoms with Crippen LogP contribution in [-0.2, 0) is 0 Å². The zero-order valence-corrected chi connectivity index (χ0v) is 9.44. The van der Waals surface area contributed by atoms with Crippen LogP contribution in [0.3, 0.4) is 0 Å². The van der Waals surface area contributed by atoms with E-state index in [1.54, 1.807) is 5.57 Å². The van der Waals surface area contributed by atoms with Crippen LogP contribution in [0, 0.1) is 5.92 Å². The van der Waals surface area contributed by atoms with Gasteiger partial charge in [0.2, 0.25) is 0 Å². The lowest BCUT2D eigenvalue weighted by atomic mass is 9.83. The van der Waals surface area contributed by atoms with E-state index in [0.717, 1.165) is 5.92 Å². The molecule has 2 fully saturated rings. The highest BCUT2D eigenvalue weighted by Gasteiger charge is 2.16. The molecule has 1 N–H and O–H groups in total. The maximum absolute atomic E-state index is 3.49. The van der Waals surface area contributed by atoms with Crippen molar-refractivity contribution >= 4 is 0 Å². The van der Waals surface area contributed by atoms with Crippen LogP contribution in [0.25, 0.3) is 0 Å². The van der Waals surface area contributed by atoms with Crippen LogP contribution in [-0.4, -0.2) is 13.1 Å². The number of nitrogens with one attached hydrogen (secondary N) is 1. The highest BCUT2D eigenvalue weighted by molar-refractivity contribution is 5.17. The number of hydrogen-bond acceptors (Lipinski definition) is 1. The molecule has 1 saturated carbocycles. The lowest BCUT2D eigenvalue weighted by molar-refractivity contribution is 0.447. The predicted octanol–water partition coefficient (Wildman–Crippen LogP) is 3.27. The van der Waals surface area contributed by atoms with Crippen molar-refractivity contribution in [2.75, 3.05) is 13.1 Å². The smallest absolute Gasteiger partial charge is 0.00115 e. The second kappa shape index (κ2) is 4.97. The molecule has 2 aliphatic rings. The Morgan fingerprint density at radius 1 is 1.00 bits per heavy atom. The highest BCUT2D eigenvalue weighted by atomic mass is 14.8. The summed E-state index contributed by atoms with van der Waals surface area (Å²) in [6.07, 6.45) is 9.74. The fourth-order valence-electron chi connectivity index (χ4n) is 2.88. The average molecular weight is 193 g/mol. The van der Waals surface area contributed by atoms with Crippen LogP contribution >= 0.6 is 0 Å². The molecule has 0 bridgehead atoms. The van der Waals surface area contributed by atoms with E-state index < -0.39 is 0 Å². The molecular weight excluding hydrogens is 170 g/mol. The summed E-state index contributed by atoms with van der Waals surface area (Å²) < 4.78 is 0. The van der Waals surface area contributed by atoms with Gasteiger partial charge in [0.15, 0.2) is 0 Å². The van der Waals surface area contributed by atoms with Crippen molar-refractivity contribution in [3.63, 3.8) is 0 Å². The fraction of sp³-hybridized carbons (Fsp3) is 0.846. The SMILES string of the molecule is CC1CCCC(=C2CCCNCC2)C1. The molecule has 0 aromatic carbocycles. The minimum absolute atomic E-state index is 0.947. The Balaban J connectivity index is 2.03. The van der Waals surface area contributed by atoms with Crippen LogP contribution in [0.5, 0.6) is 0 Å². The van der Waals surface area contributed by atoms with Gasteiger partial charge in [-0.05, 0) is 57.5 Å². The first-order valence-corrected chi connectivity index (χ1v) is 6.27. The quantitative estimate of drug-likeness (QED) is 0.582. The van der Waals surface area contributed by atoms with Gasteiger partial charge in [0, 0.05) is 0 Å². The predicted molar refractivity (Wildman–Crippen MR) is 61.4 cm³/mol. The normalized spacial score (nSPS) is 35.4. The molecule has 0 amide bonds. The molecule has 2 rings (SSSR count). The van der Waals surface area contributed by atoms with Crippen LogP contribution in [0.4, 0.5) is 0 Å². The average Bonchev–Trinajstić information content (AvgIpc) is 2.45. The molecule has 1 nitrogen and oxygen atoms in total. The third-order valence-corrected chi connectivity index (χ3v) is 3.71. The summed E-state index contributed by atoms with van der Waals surface area (Å²) in [5.41, 5.74) is 3.63. The Morgan fingerprint density at radius 2 is 1.86 bits per heavy atom. The standard InChI is InChI=1S/C13H23N/c1-11-4-2-5-13(10-11)12-6-3-8-14-9-7-12/h11,14H,2-10H2,1H3. The third kappa shape index (κ3) is 2.60. The fourth-order valence-corrected chi connectivity index (χ4v) is 2.88. The molecule has 1 unspecified atom stereocenters. The van der Waals surface area contributed by atoms with Gasteiger partial charge >= 0.3 is 0 Å². The van der Waals surface area contributed by atoms with Gasteiger partial charge in [-0.3, -0.25) is 0 Å². The van der Waals surface area contributed by atoms with E-state index in [4.69, 9.17) is 0 Å². The largest absolute Gasteiger partial charge is 0.316 e. The van der Waals surface area contributed by atoms with Crippen molar-refractivity contribution in [2.24, 2.45) is 5.92 Å². The zero-order valence-electron chi connectivity index (χ0n) is 9.44. The molecule has 1 saturated heterocycles. The number of hydrogen-bond donors (Lipinski definition) is 1. The monoisotopic (exact) mass is 193 g/mol. The summed E-state index contributed by atoms with van der Waals surface area (Å²) >= 11 is 0. The molecule has 0 radical (unpaired) electrons. The first kappa shape index (κ1) is 10.2. The van der Waals surface area contributed by atoms with E-state index in [2.05, 4.69) is 12.2 Å². The molecule has 1 atom stereocenters. The molecule has 0 aromatic rings. The summed E-state index contributed by atoms with van der Waals surface area (Å²) in [5.74, 6) is 0.947. The second-order valence-electron chi connectivity index (χ2n) is 5.01. The Hall–Kier alpha value is -0.300. The van der Waals surface area contributed by atoms with E-state index in [9.17, 15) is 0 Å². The van der Waals surface area contributed by atoms with Gasteiger partial charge in [0.1, 0.15) is 0 Å². The van der Waals surface area contributed by atoms with Gasteiger partial charge in [-0.2, -0.15) is 0 Å². The minimum Gasteiger partial charge on any atom is -0.316 e. The Labute approximate surface area is 88.0 Å². The third-order valence-electron chi connectivity index (χ3n) is 3.71. The molecule has 1 heterocycles. The topological polar surface area (TPSA) is 12.0 Å². The van der Waals surface area contributed by atoms with Crippen molar-refractivity contribution in [1.29, 1.82) is 0 Å². The number of allylic oxidation sites excluding steroid dienone is 1. The minimum atomic E-state index is 0.947. The van der Waals surface area contributed by atoms with E-state index in [0.29, 0.717) is 0 Å². The van der Waals surface area contributed by atoms with E-state index in [1.807, 2.05) is 5.57 Å². The molecule has 1 heteroatoms. The van der Waals surface area contributed by atoms with Crippen molar-refractivity contribution in [2.45, 2.75) is 51.9 Å². The first-order valence-electron chi connectivity index (χ1n) is 6.27. The van der Waals surface area contributed by atoms with E-state index in [-0.39, 0.29) is 0 Å². The highest BCUT2D eigenvalue weighted by Crippen LogP contribution is 2.32. The second-order valence-corrected chi connectivity index (χ2v) is 5.01. The lowest BCUT2D eigenvalue weighted by Gasteiger charge is -2.23. The molecule has 14 heavy (non-hydrogen) atoms. The van der Waals surface area contributed by atoms with E-state index in [1.165, 1.54) is 58.0 Å². The van der Waals surface area contributed by atoms with Crippen LogP contribution < -0.4 is 5.32 Å². The number of rotatable bonds is 0. The Bertz CT molecular complexity index is 207. The molecule has 0 spiro atoms. The molecule has 1 aliphatic heterocycles. The van der Waals surface area contributed by atoms with Crippen molar-refractivity contribution in [3.8, 4) is 0 Å². The summed E-state index contributed by atoms with van der Waals surface area (Å²) in [6, 6.07) is 0. The van der Waals surface area contributed by atoms with E-state index >= 15 is 0 Å². The molecule has 1 aliphatic carbocycles. The summed E-state index contributed by atoms with van der Waals surface area (Å²) in [6.45, 7) is 4.86. The summed E-state index contributed by atoms with van der Waals surface area (Å²) in [4.78, 5) is 0. The van der Waals surface area contributed by atoms with Gasteiger partial charge < -0.3 is 5.32 Å². The van der Waals surface area contributed by atoms with Crippen molar-refractivity contribution in [1.82, 2.24) is 5.32 Å². The lowest BCUT2D eigenvalue weighted by Crippen LogP contribution is -2.13. The maximum Gasteiger partial charge on any atom is -0.00115 e. The molecule has 0 aromatic heterocycles. The van der Waals surface area contributed by atoms with Gasteiger partial charge in [-0.25, -0.2) is 0 Å². The molecule has 80 valence electrons. The van der Waals surface area contributed by atoms with Gasteiger partial charge in [0.05, 0.1) is 0 Å². The Morgan fingerprint density at radius 3 is 2.71 bits per heavy atom. The van der Waals surface area contributed by atoms with Crippen LogP contribution in [0.15, 0.2) is 11.1 Å². The van der Waals surface area contributed by atoms with Crippen LogP contribution in [0.2, 0.25) is 0 Å². The molecular formula is C13H23N. The van der Waals surface area contributed by atoms with Gasteiger partial charge in [-0.1, -0.05) is 24.5 Å².